The van der Waals surface area contributed by atoms with Crippen LogP contribution in [0, 0.1) is 0 Å². The number of unbranched alkanes of at least 4 members (excludes halogenated alkanes) is 13. The highest BCUT2D eigenvalue weighted by Gasteiger charge is 2.39. The molecule has 0 bridgehead atoms. The van der Waals surface area contributed by atoms with Gasteiger partial charge in [0, 0.05) is 6.04 Å². The van der Waals surface area contributed by atoms with Crippen molar-refractivity contribution in [3.05, 3.63) is 0 Å². The van der Waals surface area contributed by atoms with Crippen LogP contribution in [0.3, 0.4) is 0 Å². The Labute approximate surface area is 158 Å². The minimum atomic E-state index is -4.77. The van der Waals surface area contributed by atoms with E-state index in [0.29, 0.717) is 12.8 Å². The van der Waals surface area contributed by atoms with E-state index in [1.165, 1.54) is 70.6 Å². The lowest BCUT2D eigenvalue weighted by Gasteiger charge is -2.17. The third-order valence-electron chi connectivity index (χ3n) is 4.99. The molecule has 0 aromatic carbocycles. The third kappa shape index (κ3) is 15.5. The lowest BCUT2D eigenvalue weighted by Crippen LogP contribution is -2.42. The number of carbonyl (C=O) groups is 1. The van der Waals surface area contributed by atoms with E-state index >= 15 is 0 Å². The van der Waals surface area contributed by atoms with Gasteiger partial charge in [-0.1, -0.05) is 104 Å². The number of hydrogen-bond acceptors (Lipinski definition) is 1. The van der Waals surface area contributed by atoms with Gasteiger partial charge in [0.25, 0.3) is 0 Å². The summed E-state index contributed by atoms with van der Waals surface area (Å²) in [6, 6.07) is -0.360. The molecule has 0 unspecified atom stereocenters. The Morgan fingerprint density at radius 3 is 1.46 bits per heavy atom. The minimum absolute atomic E-state index is 0.360. The molecule has 1 amide bonds. The van der Waals surface area contributed by atoms with Gasteiger partial charge >= 0.3 is 12.1 Å². The maximum atomic E-state index is 12.2. The summed E-state index contributed by atoms with van der Waals surface area (Å²) < 4.78 is 36.7. The summed E-state index contributed by atoms with van der Waals surface area (Å²) in [6.45, 7) is 4.05. The monoisotopic (exact) mass is 379 g/mol. The van der Waals surface area contributed by atoms with Crippen molar-refractivity contribution in [2.45, 2.75) is 129 Å². The van der Waals surface area contributed by atoms with Gasteiger partial charge in [0.15, 0.2) is 0 Å². The molecule has 0 aliphatic carbocycles. The molecule has 0 saturated carbocycles. The molecule has 0 fully saturated rings. The summed E-state index contributed by atoms with van der Waals surface area (Å²) >= 11 is 0. The molecule has 0 aromatic heterocycles. The van der Waals surface area contributed by atoms with Gasteiger partial charge in [-0.05, 0) is 12.8 Å². The third-order valence-corrected chi connectivity index (χ3v) is 4.99. The molecule has 0 aliphatic rings. The summed E-state index contributed by atoms with van der Waals surface area (Å²) in [5.41, 5.74) is 0. The van der Waals surface area contributed by atoms with E-state index < -0.39 is 12.1 Å². The van der Waals surface area contributed by atoms with Crippen molar-refractivity contribution in [1.29, 1.82) is 0 Å². The van der Waals surface area contributed by atoms with Crippen LogP contribution in [0.1, 0.15) is 117 Å². The van der Waals surface area contributed by atoms with Crippen LogP contribution in [0.15, 0.2) is 0 Å². The molecule has 0 spiro atoms. The first kappa shape index (κ1) is 25.3. The quantitative estimate of drug-likeness (QED) is 0.264. The van der Waals surface area contributed by atoms with E-state index in [2.05, 4.69) is 12.2 Å². The van der Waals surface area contributed by atoms with E-state index in [-0.39, 0.29) is 6.04 Å². The molecule has 0 saturated heterocycles. The molecular weight excluding hydrogens is 339 g/mol. The first-order valence-electron chi connectivity index (χ1n) is 10.8. The predicted molar refractivity (Wildman–Crippen MR) is 103 cm³/mol. The molecule has 1 N–H and O–H groups in total. The summed E-state index contributed by atoms with van der Waals surface area (Å²) in [5, 5.41) is 2.09. The zero-order valence-corrected chi connectivity index (χ0v) is 16.9. The lowest BCUT2D eigenvalue weighted by molar-refractivity contribution is -0.174. The Morgan fingerprint density at radius 1 is 0.731 bits per heavy atom. The Morgan fingerprint density at radius 2 is 1.12 bits per heavy atom. The van der Waals surface area contributed by atoms with Gasteiger partial charge in [-0.25, -0.2) is 0 Å². The number of nitrogens with one attached hydrogen (secondary N) is 1. The van der Waals surface area contributed by atoms with Crippen molar-refractivity contribution in [3.63, 3.8) is 0 Å². The lowest BCUT2D eigenvalue weighted by atomic mass is 10.0. The molecular formula is C21H40F3NO. The zero-order chi connectivity index (χ0) is 19.7. The van der Waals surface area contributed by atoms with Gasteiger partial charge in [0.1, 0.15) is 0 Å². The average molecular weight is 380 g/mol. The van der Waals surface area contributed by atoms with Crippen LogP contribution in [0.4, 0.5) is 13.2 Å². The predicted octanol–water partition coefficient (Wildman–Crippen LogP) is 7.31. The fraction of sp³-hybridized carbons (Fsp3) is 0.952. The van der Waals surface area contributed by atoms with Crippen molar-refractivity contribution in [2.75, 3.05) is 0 Å². The standard InChI is InChI=1S/C21H40F3NO/c1-3-5-6-7-8-9-10-11-12-13-14-15-16-17-18-19(4-2)25-20(26)21(22,23)24/h19H,3-18H2,1-2H3,(H,25,26)/t19-/m0/s1. The van der Waals surface area contributed by atoms with E-state index in [0.717, 1.165) is 19.3 Å². The molecule has 1 atom stereocenters. The van der Waals surface area contributed by atoms with E-state index in [1.807, 2.05) is 6.92 Å². The highest BCUT2D eigenvalue weighted by atomic mass is 19.4. The van der Waals surface area contributed by atoms with Crippen molar-refractivity contribution in [3.8, 4) is 0 Å². The molecule has 0 aromatic rings. The highest BCUT2D eigenvalue weighted by molar-refractivity contribution is 5.81. The molecule has 0 heterocycles. The zero-order valence-electron chi connectivity index (χ0n) is 16.9. The summed E-state index contributed by atoms with van der Waals surface area (Å²) in [4.78, 5) is 10.9. The Hall–Kier alpha value is -0.740. The first-order valence-corrected chi connectivity index (χ1v) is 10.8. The van der Waals surface area contributed by atoms with Gasteiger partial charge in [-0.15, -0.1) is 0 Å². The topological polar surface area (TPSA) is 29.1 Å². The number of rotatable bonds is 17. The highest BCUT2D eigenvalue weighted by Crippen LogP contribution is 2.17. The number of hydrogen-bond donors (Lipinski definition) is 1. The van der Waals surface area contributed by atoms with Crippen LogP contribution in [-0.4, -0.2) is 18.1 Å². The number of alkyl halides is 3. The minimum Gasteiger partial charge on any atom is -0.346 e. The van der Waals surface area contributed by atoms with Crippen LogP contribution >= 0.6 is 0 Å². The molecule has 5 heteroatoms. The van der Waals surface area contributed by atoms with Crippen LogP contribution in [0.5, 0.6) is 0 Å². The van der Waals surface area contributed by atoms with Crippen LogP contribution in [-0.2, 0) is 4.79 Å². The number of amides is 1. The molecule has 0 rings (SSSR count). The number of carbonyl (C=O) groups excluding carboxylic acids is 1. The largest absolute Gasteiger partial charge is 0.471 e. The van der Waals surface area contributed by atoms with Crippen molar-refractivity contribution in [2.24, 2.45) is 0 Å². The van der Waals surface area contributed by atoms with Gasteiger partial charge < -0.3 is 5.32 Å². The van der Waals surface area contributed by atoms with Gasteiger partial charge in [-0.3, -0.25) is 4.79 Å². The summed E-state index contributed by atoms with van der Waals surface area (Å²) in [7, 11) is 0. The van der Waals surface area contributed by atoms with Crippen LogP contribution in [0.2, 0.25) is 0 Å². The molecule has 0 aliphatic heterocycles. The van der Waals surface area contributed by atoms with E-state index in [1.54, 1.807) is 0 Å². The molecule has 0 radical (unpaired) electrons. The first-order chi connectivity index (χ1) is 12.4. The Bertz CT molecular complexity index is 332. The van der Waals surface area contributed by atoms with Gasteiger partial charge in [-0.2, -0.15) is 13.2 Å². The Kier molecular flexibility index (Phi) is 16.0. The Balaban J connectivity index is 3.40. The maximum absolute atomic E-state index is 12.2. The second-order valence-corrected chi connectivity index (χ2v) is 7.46. The van der Waals surface area contributed by atoms with Crippen LogP contribution < -0.4 is 5.32 Å². The van der Waals surface area contributed by atoms with Crippen molar-refractivity contribution < 1.29 is 18.0 Å². The fourth-order valence-electron chi connectivity index (χ4n) is 3.23. The van der Waals surface area contributed by atoms with E-state index in [9.17, 15) is 18.0 Å². The molecule has 2 nitrogen and oxygen atoms in total. The molecule has 26 heavy (non-hydrogen) atoms. The molecule has 156 valence electrons. The van der Waals surface area contributed by atoms with Gasteiger partial charge in [0.2, 0.25) is 0 Å². The number of halogens is 3. The van der Waals surface area contributed by atoms with E-state index in [4.69, 9.17) is 0 Å². The average Bonchev–Trinajstić information content (AvgIpc) is 2.59. The van der Waals surface area contributed by atoms with Crippen molar-refractivity contribution in [1.82, 2.24) is 5.32 Å². The smallest absolute Gasteiger partial charge is 0.346 e. The van der Waals surface area contributed by atoms with Crippen molar-refractivity contribution >= 4 is 5.91 Å². The SMILES string of the molecule is CCCCCCCCCCCCCCCC[C@H](CC)NC(=O)C(F)(F)F. The fourth-order valence-corrected chi connectivity index (χ4v) is 3.23. The maximum Gasteiger partial charge on any atom is 0.471 e. The second kappa shape index (κ2) is 16.4. The van der Waals surface area contributed by atoms with Gasteiger partial charge in [0.05, 0.1) is 0 Å². The summed E-state index contributed by atoms with van der Waals surface area (Å²) in [6.07, 6.45) is 14.1. The van der Waals surface area contributed by atoms with Crippen LogP contribution in [0.25, 0.3) is 0 Å². The summed E-state index contributed by atoms with van der Waals surface area (Å²) in [5.74, 6) is -1.81. The normalized spacial score (nSPS) is 13.0. The second-order valence-electron chi connectivity index (χ2n) is 7.46.